The Morgan fingerprint density at radius 1 is 1.64 bits per heavy atom. The van der Waals surface area contributed by atoms with Crippen molar-refractivity contribution in [2.45, 2.75) is 19.6 Å². The van der Waals surface area contributed by atoms with Gasteiger partial charge in [-0.05, 0) is 13.0 Å². The number of nitrogens with one attached hydrogen (secondary N) is 1. The van der Waals surface area contributed by atoms with Crippen LogP contribution >= 0.6 is 0 Å². The lowest BCUT2D eigenvalue weighted by Gasteiger charge is -2.10. The van der Waals surface area contributed by atoms with E-state index in [4.69, 9.17) is 0 Å². The summed E-state index contributed by atoms with van der Waals surface area (Å²) in [6.45, 7) is 3.46. The molecule has 0 saturated carbocycles. The molecule has 2 N–H and O–H groups in total. The first-order chi connectivity index (χ1) is 6.83. The van der Waals surface area contributed by atoms with Crippen molar-refractivity contribution in [1.29, 1.82) is 0 Å². The predicted octanol–water partition coefficient (Wildman–Crippen LogP) is -0.143. The number of hydrogen-bond acceptors (Lipinski definition) is 3. The summed E-state index contributed by atoms with van der Waals surface area (Å²) in [7, 11) is 0. The fourth-order valence-corrected chi connectivity index (χ4v) is 1.08. The summed E-state index contributed by atoms with van der Waals surface area (Å²) in [5.74, 6) is 5.64. The van der Waals surface area contributed by atoms with Crippen LogP contribution in [0.2, 0.25) is 0 Å². The maximum Gasteiger partial charge on any atom is 0.0860 e. The van der Waals surface area contributed by atoms with Crippen molar-refractivity contribution in [3.05, 3.63) is 18.5 Å². The third kappa shape index (κ3) is 4.08. The summed E-state index contributed by atoms with van der Waals surface area (Å²) in [4.78, 5) is 0. The molecule has 0 amide bonds. The zero-order valence-corrected chi connectivity index (χ0v) is 8.27. The topological polar surface area (TPSA) is 50.1 Å². The van der Waals surface area contributed by atoms with Gasteiger partial charge in [0.2, 0.25) is 0 Å². The van der Waals surface area contributed by atoms with E-state index in [0.29, 0.717) is 19.6 Å². The van der Waals surface area contributed by atoms with E-state index in [2.05, 4.69) is 22.3 Å². The monoisotopic (exact) mass is 193 g/mol. The Kier molecular flexibility index (Phi) is 4.76. The highest BCUT2D eigenvalue weighted by Gasteiger charge is 2.03. The van der Waals surface area contributed by atoms with Crippen molar-refractivity contribution in [2.24, 2.45) is 0 Å². The third-order valence-electron chi connectivity index (χ3n) is 1.73. The maximum absolute atomic E-state index is 9.55. The highest BCUT2D eigenvalue weighted by Crippen LogP contribution is 1.89. The molecule has 0 aromatic carbocycles. The fourth-order valence-electron chi connectivity index (χ4n) is 1.08. The largest absolute Gasteiger partial charge is 0.390 e. The van der Waals surface area contributed by atoms with Crippen molar-refractivity contribution in [2.75, 3.05) is 13.1 Å². The van der Waals surface area contributed by atoms with Crippen molar-refractivity contribution >= 4 is 0 Å². The summed E-state index contributed by atoms with van der Waals surface area (Å²) >= 11 is 0. The van der Waals surface area contributed by atoms with Gasteiger partial charge in [-0.1, -0.05) is 5.92 Å². The van der Waals surface area contributed by atoms with Gasteiger partial charge in [-0.3, -0.25) is 4.68 Å². The van der Waals surface area contributed by atoms with Gasteiger partial charge in [-0.2, -0.15) is 5.10 Å². The first-order valence-electron chi connectivity index (χ1n) is 4.58. The van der Waals surface area contributed by atoms with Crippen LogP contribution in [0.1, 0.15) is 6.92 Å². The molecule has 4 heteroatoms. The Bertz CT molecular complexity index is 297. The zero-order valence-electron chi connectivity index (χ0n) is 8.27. The SMILES string of the molecule is CC#CCNCC(O)Cn1cccn1. The third-order valence-corrected chi connectivity index (χ3v) is 1.73. The molecule has 4 nitrogen and oxygen atoms in total. The minimum atomic E-state index is -0.423. The van der Waals surface area contributed by atoms with Gasteiger partial charge in [-0.15, -0.1) is 5.92 Å². The minimum Gasteiger partial charge on any atom is -0.390 e. The molecule has 1 heterocycles. The second kappa shape index (κ2) is 6.19. The molecule has 0 bridgehead atoms. The molecule has 0 aliphatic carbocycles. The van der Waals surface area contributed by atoms with Crippen LogP contribution in [0.4, 0.5) is 0 Å². The van der Waals surface area contributed by atoms with Gasteiger partial charge < -0.3 is 10.4 Å². The molecule has 0 fully saturated rings. The minimum absolute atomic E-state index is 0.423. The van der Waals surface area contributed by atoms with Crippen molar-refractivity contribution in [1.82, 2.24) is 15.1 Å². The van der Waals surface area contributed by atoms with Crippen LogP contribution in [0.5, 0.6) is 0 Å². The molecule has 76 valence electrons. The first kappa shape index (κ1) is 10.8. The van der Waals surface area contributed by atoms with Crippen LogP contribution in [0.25, 0.3) is 0 Å². The standard InChI is InChI=1S/C10H15N3O/c1-2-3-5-11-8-10(14)9-13-7-4-6-12-13/h4,6-7,10-11,14H,5,8-9H2,1H3. The number of aliphatic hydroxyl groups is 1. The lowest BCUT2D eigenvalue weighted by atomic mass is 10.3. The van der Waals surface area contributed by atoms with Crippen LogP contribution in [-0.2, 0) is 6.54 Å². The van der Waals surface area contributed by atoms with Crippen molar-refractivity contribution in [3.8, 4) is 11.8 Å². The van der Waals surface area contributed by atoms with Crippen LogP contribution in [0.3, 0.4) is 0 Å². The van der Waals surface area contributed by atoms with Gasteiger partial charge in [0.1, 0.15) is 0 Å². The Hall–Kier alpha value is -1.31. The molecular weight excluding hydrogens is 178 g/mol. The molecule has 1 rings (SSSR count). The van der Waals surface area contributed by atoms with Crippen LogP contribution in [0, 0.1) is 11.8 Å². The summed E-state index contributed by atoms with van der Waals surface area (Å²) in [5.41, 5.74) is 0. The predicted molar refractivity (Wildman–Crippen MR) is 54.6 cm³/mol. The van der Waals surface area contributed by atoms with Gasteiger partial charge in [0.05, 0.1) is 19.2 Å². The van der Waals surface area contributed by atoms with Gasteiger partial charge in [0, 0.05) is 18.9 Å². The van der Waals surface area contributed by atoms with Gasteiger partial charge in [0.25, 0.3) is 0 Å². The summed E-state index contributed by atoms with van der Waals surface area (Å²) in [6.07, 6.45) is 3.10. The average molecular weight is 193 g/mol. The molecule has 0 radical (unpaired) electrons. The smallest absolute Gasteiger partial charge is 0.0860 e. The van der Waals surface area contributed by atoms with Crippen LogP contribution in [-0.4, -0.2) is 34.1 Å². The Morgan fingerprint density at radius 2 is 2.50 bits per heavy atom. The summed E-state index contributed by atoms with van der Waals surface area (Å²) < 4.78 is 1.71. The first-order valence-corrected chi connectivity index (χ1v) is 4.58. The second-order valence-corrected chi connectivity index (χ2v) is 2.94. The number of aromatic nitrogens is 2. The van der Waals surface area contributed by atoms with E-state index in [0.717, 1.165) is 0 Å². The van der Waals surface area contributed by atoms with Crippen LogP contribution in [0.15, 0.2) is 18.5 Å². The normalized spacial score (nSPS) is 11.9. The van der Waals surface area contributed by atoms with E-state index in [1.165, 1.54) is 0 Å². The molecule has 0 spiro atoms. The van der Waals surface area contributed by atoms with E-state index < -0.39 is 6.10 Å². The Balaban J connectivity index is 2.15. The number of hydrogen-bond donors (Lipinski definition) is 2. The van der Waals surface area contributed by atoms with Crippen LogP contribution < -0.4 is 5.32 Å². The van der Waals surface area contributed by atoms with Gasteiger partial charge in [0.15, 0.2) is 0 Å². The molecule has 0 aliphatic rings. The van der Waals surface area contributed by atoms with Gasteiger partial charge in [-0.25, -0.2) is 0 Å². The van der Waals surface area contributed by atoms with E-state index >= 15 is 0 Å². The van der Waals surface area contributed by atoms with Gasteiger partial charge >= 0.3 is 0 Å². The van der Waals surface area contributed by atoms with E-state index in [-0.39, 0.29) is 0 Å². The lowest BCUT2D eigenvalue weighted by molar-refractivity contribution is 0.148. The zero-order chi connectivity index (χ0) is 10.2. The number of rotatable bonds is 5. The highest BCUT2D eigenvalue weighted by atomic mass is 16.3. The highest BCUT2D eigenvalue weighted by molar-refractivity contribution is 4.97. The Morgan fingerprint density at radius 3 is 3.14 bits per heavy atom. The molecular formula is C10H15N3O. The van der Waals surface area contributed by atoms with E-state index in [1.807, 2.05) is 12.3 Å². The molecule has 1 unspecified atom stereocenters. The maximum atomic E-state index is 9.55. The number of aliphatic hydroxyl groups excluding tert-OH is 1. The molecule has 1 aromatic rings. The summed E-state index contributed by atoms with van der Waals surface area (Å²) in [5, 5.41) is 16.6. The molecule has 0 aliphatic heterocycles. The Labute approximate surface area is 83.9 Å². The number of nitrogens with zero attached hydrogens (tertiary/aromatic N) is 2. The quantitative estimate of drug-likeness (QED) is 0.505. The summed E-state index contributed by atoms with van der Waals surface area (Å²) in [6, 6.07) is 1.84. The molecule has 1 atom stereocenters. The van der Waals surface area contributed by atoms with E-state index in [9.17, 15) is 5.11 Å². The van der Waals surface area contributed by atoms with E-state index in [1.54, 1.807) is 17.8 Å². The van der Waals surface area contributed by atoms with Crippen molar-refractivity contribution in [3.63, 3.8) is 0 Å². The molecule has 1 aromatic heterocycles. The average Bonchev–Trinajstić information content (AvgIpc) is 2.65. The molecule has 14 heavy (non-hydrogen) atoms. The van der Waals surface area contributed by atoms with Crippen molar-refractivity contribution < 1.29 is 5.11 Å². The second-order valence-electron chi connectivity index (χ2n) is 2.94. The molecule has 0 saturated heterocycles. The fraction of sp³-hybridized carbons (Fsp3) is 0.500. The lowest BCUT2D eigenvalue weighted by Crippen LogP contribution is -2.30.